The monoisotopic (exact) mass is 308 g/mol. The summed E-state index contributed by atoms with van der Waals surface area (Å²) in [5, 5.41) is 0. The van der Waals surface area contributed by atoms with E-state index in [2.05, 4.69) is 26.4 Å². The molecule has 0 aliphatic carbocycles. The minimum Gasteiger partial charge on any atom is -0.320 e. The Kier molecular flexibility index (Phi) is 5.31. The molecule has 7 heteroatoms. The maximum Gasteiger partial charge on any atom is 0.242 e. The summed E-state index contributed by atoms with van der Waals surface area (Å²) in [6.07, 6.45) is 4.70. The van der Waals surface area contributed by atoms with E-state index in [1.54, 1.807) is 0 Å². The Bertz CT molecular complexity index is 648. The lowest BCUT2D eigenvalue weighted by Gasteiger charge is -2.29. The van der Waals surface area contributed by atoms with Crippen LogP contribution in [0.4, 0.5) is 0 Å². The van der Waals surface area contributed by atoms with E-state index in [1.165, 1.54) is 18.5 Å². The highest BCUT2D eigenvalue weighted by atomic mass is 32.2. The van der Waals surface area contributed by atoms with Gasteiger partial charge < -0.3 is 10.6 Å². The Morgan fingerprint density at radius 2 is 2.33 bits per heavy atom. The van der Waals surface area contributed by atoms with E-state index in [0.29, 0.717) is 5.56 Å². The van der Waals surface area contributed by atoms with Gasteiger partial charge in [0.05, 0.1) is 6.54 Å². The molecule has 21 heavy (non-hydrogen) atoms. The van der Waals surface area contributed by atoms with Crippen molar-refractivity contribution in [2.24, 2.45) is 5.73 Å². The number of rotatable bonds is 3. The van der Waals surface area contributed by atoms with E-state index in [4.69, 9.17) is 5.73 Å². The van der Waals surface area contributed by atoms with Crippen molar-refractivity contribution in [3.8, 4) is 11.8 Å². The van der Waals surface area contributed by atoms with Gasteiger partial charge in [-0.3, -0.25) is 4.98 Å². The second-order valence-corrected chi connectivity index (χ2v) is 6.85. The number of nitrogens with zero attached hydrogens (tertiary/aromatic N) is 2. The minimum atomic E-state index is -3.57. The topological polar surface area (TPSA) is 88.3 Å². The minimum absolute atomic E-state index is 0.0625. The molecule has 6 nitrogen and oxygen atoms in total. The van der Waals surface area contributed by atoms with Crippen LogP contribution < -0.4 is 10.5 Å². The molecule has 0 amide bonds. The summed E-state index contributed by atoms with van der Waals surface area (Å²) in [6, 6.07) is 1.46. The first-order chi connectivity index (χ1) is 10.0. The molecule has 1 aromatic heterocycles. The number of nitrogens with two attached hydrogens (primary N) is 1. The fourth-order valence-electron chi connectivity index (χ4n) is 2.34. The molecule has 1 fully saturated rings. The van der Waals surface area contributed by atoms with Crippen LogP contribution in [-0.4, -0.2) is 51.0 Å². The maximum absolute atomic E-state index is 12.4. The maximum atomic E-state index is 12.4. The molecule has 1 aromatic rings. The highest BCUT2D eigenvalue weighted by molar-refractivity contribution is 7.89. The fourth-order valence-corrected chi connectivity index (χ4v) is 3.59. The zero-order valence-corrected chi connectivity index (χ0v) is 12.9. The van der Waals surface area contributed by atoms with Crippen LogP contribution in [0, 0.1) is 11.8 Å². The van der Waals surface area contributed by atoms with Crippen LogP contribution in [0.25, 0.3) is 0 Å². The second-order valence-electron chi connectivity index (χ2n) is 5.14. The normalized spacial score (nSPS) is 19.8. The van der Waals surface area contributed by atoms with Crippen molar-refractivity contribution < 1.29 is 8.42 Å². The van der Waals surface area contributed by atoms with Crippen molar-refractivity contribution in [1.29, 1.82) is 0 Å². The van der Waals surface area contributed by atoms with Gasteiger partial charge in [-0.15, -0.1) is 0 Å². The molecule has 1 aliphatic heterocycles. The molecular formula is C14H20N4O2S. The first-order valence-electron chi connectivity index (χ1n) is 6.86. The summed E-state index contributed by atoms with van der Waals surface area (Å²) in [5.41, 5.74) is 5.85. The average molecular weight is 308 g/mol. The number of hydrogen-bond donors (Lipinski definition) is 2. The predicted octanol–water partition coefficient (Wildman–Crippen LogP) is -0.236. The first kappa shape index (κ1) is 15.9. The number of sulfonamides is 1. The van der Waals surface area contributed by atoms with Crippen molar-refractivity contribution in [2.45, 2.75) is 23.8 Å². The van der Waals surface area contributed by atoms with Crippen LogP contribution in [-0.2, 0) is 10.0 Å². The molecule has 0 spiro atoms. The zero-order chi connectivity index (χ0) is 15.3. The number of pyridine rings is 1. The Morgan fingerprint density at radius 1 is 1.52 bits per heavy atom. The molecular weight excluding hydrogens is 288 g/mol. The Balaban J connectivity index is 2.15. The number of likely N-dealkylation sites (tertiary alicyclic amines) is 1. The van der Waals surface area contributed by atoms with Gasteiger partial charge in [0, 0.05) is 30.5 Å². The lowest BCUT2D eigenvalue weighted by atomic mass is 10.1. The third kappa shape index (κ3) is 4.51. The lowest BCUT2D eigenvalue weighted by Crippen LogP contribution is -2.46. The molecule has 1 saturated heterocycles. The molecule has 1 atom stereocenters. The zero-order valence-electron chi connectivity index (χ0n) is 12.0. The van der Waals surface area contributed by atoms with Gasteiger partial charge in [-0.05, 0) is 32.5 Å². The van der Waals surface area contributed by atoms with E-state index in [1.807, 2.05) is 7.05 Å². The second kappa shape index (κ2) is 7.00. The molecule has 0 radical (unpaired) electrons. The summed E-state index contributed by atoms with van der Waals surface area (Å²) in [6.45, 7) is 1.95. The number of piperidine rings is 1. The lowest BCUT2D eigenvalue weighted by molar-refractivity contribution is 0.242. The van der Waals surface area contributed by atoms with Crippen LogP contribution in [0.2, 0.25) is 0 Å². The standard InChI is InChI=1S/C14H20N4O2S/c1-18-7-3-5-13(11-18)17-21(19,20)14-8-12(4-2-6-15)9-16-10-14/h8-10,13,17H,3,5-7,11,15H2,1H3. The number of likely N-dealkylation sites (N-methyl/N-ethyl adjacent to an activating group) is 1. The Morgan fingerprint density at radius 3 is 3.05 bits per heavy atom. The van der Waals surface area contributed by atoms with Gasteiger partial charge in [-0.25, -0.2) is 13.1 Å². The molecule has 2 heterocycles. The van der Waals surface area contributed by atoms with Gasteiger partial charge in [0.2, 0.25) is 10.0 Å². The van der Waals surface area contributed by atoms with Gasteiger partial charge in [-0.2, -0.15) is 0 Å². The van der Waals surface area contributed by atoms with E-state index in [9.17, 15) is 8.42 Å². The van der Waals surface area contributed by atoms with Crippen molar-refractivity contribution in [3.05, 3.63) is 24.0 Å². The molecule has 114 valence electrons. The molecule has 3 N–H and O–H groups in total. The van der Waals surface area contributed by atoms with Crippen molar-refractivity contribution in [3.63, 3.8) is 0 Å². The van der Waals surface area contributed by atoms with Crippen LogP contribution in [0.5, 0.6) is 0 Å². The van der Waals surface area contributed by atoms with Crippen LogP contribution in [0.3, 0.4) is 0 Å². The Hall–Kier alpha value is -1.46. The quantitative estimate of drug-likeness (QED) is 0.753. The highest BCUT2D eigenvalue weighted by Gasteiger charge is 2.24. The SMILES string of the molecule is CN1CCCC(NS(=O)(=O)c2cncc(C#CCN)c2)C1. The van der Waals surface area contributed by atoms with E-state index < -0.39 is 10.0 Å². The van der Waals surface area contributed by atoms with Gasteiger partial charge in [0.25, 0.3) is 0 Å². The largest absolute Gasteiger partial charge is 0.320 e. The molecule has 1 aliphatic rings. The van der Waals surface area contributed by atoms with Crippen molar-refractivity contribution in [1.82, 2.24) is 14.6 Å². The Labute approximate surface area is 125 Å². The molecule has 1 unspecified atom stereocenters. The number of aromatic nitrogens is 1. The van der Waals surface area contributed by atoms with E-state index in [0.717, 1.165) is 25.9 Å². The van der Waals surface area contributed by atoms with Gasteiger partial charge >= 0.3 is 0 Å². The molecule has 0 aromatic carbocycles. The summed E-state index contributed by atoms with van der Waals surface area (Å²) in [7, 11) is -1.58. The smallest absolute Gasteiger partial charge is 0.242 e. The summed E-state index contributed by atoms with van der Waals surface area (Å²) < 4.78 is 27.5. The molecule has 0 saturated carbocycles. The van der Waals surface area contributed by atoms with Crippen LogP contribution in [0.15, 0.2) is 23.4 Å². The summed E-state index contributed by atoms with van der Waals surface area (Å²) in [5.74, 6) is 5.48. The predicted molar refractivity (Wildman–Crippen MR) is 81.0 cm³/mol. The van der Waals surface area contributed by atoms with Gasteiger partial charge in [-0.1, -0.05) is 11.8 Å². The van der Waals surface area contributed by atoms with Crippen LogP contribution >= 0.6 is 0 Å². The number of nitrogens with one attached hydrogen (secondary N) is 1. The third-order valence-electron chi connectivity index (χ3n) is 3.30. The highest BCUT2D eigenvalue weighted by Crippen LogP contribution is 2.14. The number of hydrogen-bond acceptors (Lipinski definition) is 5. The van der Waals surface area contributed by atoms with Gasteiger partial charge in [0.15, 0.2) is 0 Å². The summed E-state index contributed by atoms with van der Waals surface area (Å²) in [4.78, 5) is 6.20. The van der Waals surface area contributed by atoms with Gasteiger partial charge in [0.1, 0.15) is 4.90 Å². The molecule has 0 bridgehead atoms. The van der Waals surface area contributed by atoms with E-state index in [-0.39, 0.29) is 17.5 Å². The fraction of sp³-hybridized carbons (Fsp3) is 0.500. The average Bonchev–Trinajstić information content (AvgIpc) is 2.45. The third-order valence-corrected chi connectivity index (χ3v) is 4.79. The molecule has 2 rings (SSSR count). The van der Waals surface area contributed by atoms with Crippen molar-refractivity contribution in [2.75, 3.05) is 26.7 Å². The van der Waals surface area contributed by atoms with Crippen molar-refractivity contribution >= 4 is 10.0 Å². The van der Waals surface area contributed by atoms with Crippen LogP contribution in [0.1, 0.15) is 18.4 Å². The van der Waals surface area contributed by atoms with E-state index >= 15 is 0 Å². The first-order valence-corrected chi connectivity index (χ1v) is 8.34. The summed E-state index contributed by atoms with van der Waals surface area (Å²) >= 11 is 0.